The molecule has 1 aliphatic carbocycles. The Balaban J connectivity index is 0.00000280. The van der Waals surface area contributed by atoms with Crippen LogP contribution in [0.25, 0.3) is 0 Å². The maximum atomic E-state index is 12.8. The zero-order valence-electron chi connectivity index (χ0n) is 15.5. The van der Waals surface area contributed by atoms with Crippen molar-refractivity contribution >= 4 is 34.0 Å². The number of piperazine rings is 1. The van der Waals surface area contributed by atoms with Gasteiger partial charge >= 0.3 is 0 Å². The van der Waals surface area contributed by atoms with E-state index in [0.717, 1.165) is 19.3 Å². The molecular formula is C17H25ClN4O5S. The van der Waals surface area contributed by atoms with E-state index >= 15 is 0 Å². The third-order valence-electron chi connectivity index (χ3n) is 5.38. The summed E-state index contributed by atoms with van der Waals surface area (Å²) in [6.07, 6.45) is 4.23. The molecule has 1 aromatic rings. The number of para-hydroxylation sites is 1. The molecule has 28 heavy (non-hydrogen) atoms. The number of carbonyl (C=O) groups is 1. The van der Waals surface area contributed by atoms with Gasteiger partial charge in [-0.2, -0.15) is 4.31 Å². The molecule has 11 heteroatoms. The lowest BCUT2D eigenvalue weighted by atomic mass is 9.81. The van der Waals surface area contributed by atoms with Crippen molar-refractivity contribution in [3.8, 4) is 0 Å². The summed E-state index contributed by atoms with van der Waals surface area (Å²) in [7, 11) is -4.00. The van der Waals surface area contributed by atoms with E-state index in [1.807, 2.05) is 0 Å². The van der Waals surface area contributed by atoms with Crippen LogP contribution in [0.1, 0.15) is 32.1 Å². The van der Waals surface area contributed by atoms with E-state index in [0.29, 0.717) is 12.8 Å². The van der Waals surface area contributed by atoms with Gasteiger partial charge in [-0.05, 0) is 18.9 Å². The van der Waals surface area contributed by atoms with Crippen LogP contribution in [0.2, 0.25) is 0 Å². The minimum Gasteiger partial charge on any atom is -0.338 e. The van der Waals surface area contributed by atoms with Gasteiger partial charge in [0.05, 0.1) is 10.5 Å². The van der Waals surface area contributed by atoms with E-state index in [4.69, 9.17) is 5.73 Å². The number of amides is 1. The number of nitrogens with two attached hydrogens (primary N) is 1. The fourth-order valence-corrected chi connectivity index (χ4v) is 5.39. The first-order chi connectivity index (χ1) is 12.8. The minimum absolute atomic E-state index is 0. The van der Waals surface area contributed by atoms with E-state index in [-0.39, 0.29) is 49.4 Å². The normalized spacial score (nSPS) is 20.2. The van der Waals surface area contributed by atoms with Gasteiger partial charge < -0.3 is 10.6 Å². The van der Waals surface area contributed by atoms with Crippen molar-refractivity contribution in [1.29, 1.82) is 0 Å². The number of halogens is 1. The van der Waals surface area contributed by atoms with Gasteiger partial charge in [-0.25, -0.2) is 8.42 Å². The van der Waals surface area contributed by atoms with E-state index < -0.39 is 26.2 Å². The van der Waals surface area contributed by atoms with Crippen molar-refractivity contribution in [2.45, 2.75) is 42.5 Å². The third kappa shape index (κ3) is 4.29. The lowest BCUT2D eigenvalue weighted by Crippen LogP contribution is -2.60. The molecule has 0 bridgehead atoms. The van der Waals surface area contributed by atoms with E-state index in [1.54, 1.807) is 4.90 Å². The SMILES string of the molecule is Cl.NC1(C(=O)N2CCN(S(=O)(=O)c3ccccc3[N+](=O)[O-])CC2)CCCCC1. The molecule has 156 valence electrons. The Kier molecular flexibility index (Phi) is 7.02. The van der Waals surface area contributed by atoms with Crippen LogP contribution in [0.5, 0.6) is 0 Å². The highest BCUT2D eigenvalue weighted by Crippen LogP contribution is 2.30. The number of nitro benzene ring substituents is 1. The number of hydrogen-bond acceptors (Lipinski definition) is 6. The molecule has 0 unspecified atom stereocenters. The van der Waals surface area contributed by atoms with Crippen LogP contribution < -0.4 is 5.73 Å². The second kappa shape index (κ2) is 8.73. The molecule has 9 nitrogen and oxygen atoms in total. The molecule has 1 saturated heterocycles. The van der Waals surface area contributed by atoms with Crippen molar-refractivity contribution < 1.29 is 18.1 Å². The largest absolute Gasteiger partial charge is 0.338 e. The molecule has 2 aliphatic rings. The average Bonchev–Trinajstić information content (AvgIpc) is 2.68. The third-order valence-corrected chi connectivity index (χ3v) is 7.32. The summed E-state index contributed by atoms with van der Waals surface area (Å²) >= 11 is 0. The zero-order chi connectivity index (χ0) is 19.7. The fourth-order valence-electron chi connectivity index (χ4n) is 3.81. The molecular weight excluding hydrogens is 408 g/mol. The van der Waals surface area contributed by atoms with Crippen LogP contribution in [0, 0.1) is 10.1 Å². The van der Waals surface area contributed by atoms with Crippen LogP contribution in [0.4, 0.5) is 5.69 Å². The predicted molar refractivity (Wildman–Crippen MR) is 106 cm³/mol. The van der Waals surface area contributed by atoms with E-state index in [2.05, 4.69) is 0 Å². The maximum absolute atomic E-state index is 12.8. The first-order valence-corrected chi connectivity index (χ1v) is 10.5. The zero-order valence-corrected chi connectivity index (χ0v) is 17.1. The summed E-state index contributed by atoms with van der Waals surface area (Å²) in [5, 5.41) is 11.2. The average molecular weight is 433 g/mol. The fraction of sp³-hybridized carbons (Fsp3) is 0.588. The number of benzene rings is 1. The highest BCUT2D eigenvalue weighted by molar-refractivity contribution is 7.89. The van der Waals surface area contributed by atoms with Gasteiger partial charge in [-0.3, -0.25) is 14.9 Å². The number of nitro groups is 1. The lowest BCUT2D eigenvalue weighted by Gasteiger charge is -2.40. The second-order valence-corrected chi connectivity index (χ2v) is 9.04. The summed E-state index contributed by atoms with van der Waals surface area (Å²) in [4.78, 5) is 24.5. The Morgan fingerprint density at radius 2 is 1.64 bits per heavy atom. The van der Waals surface area contributed by atoms with Crippen molar-refractivity contribution in [2.75, 3.05) is 26.2 Å². The van der Waals surface area contributed by atoms with Gasteiger partial charge in [0, 0.05) is 32.2 Å². The predicted octanol–water partition coefficient (Wildman–Crippen LogP) is 1.51. The van der Waals surface area contributed by atoms with Gasteiger partial charge in [0.25, 0.3) is 5.69 Å². The Hall–Kier alpha value is -1.75. The number of sulfonamides is 1. The first-order valence-electron chi connectivity index (χ1n) is 9.07. The van der Waals surface area contributed by atoms with Crippen molar-refractivity contribution in [1.82, 2.24) is 9.21 Å². The molecule has 0 aromatic heterocycles. The van der Waals surface area contributed by atoms with Gasteiger partial charge in [-0.15, -0.1) is 12.4 Å². The Morgan fingerprint density at radius 3 is 2.21 bits per heavy atom. The monoisotopic (exact) mass is 432 g/mol. The summed E-state index contributed by atoms with van der Waals surface area (Å²) in [6, 6.07) is 5.30. The molecule has 2 fully saturated rings. The van der Waals surface area contributed by atoms with Crippen LogP contribution in [0.3, 0.4) is 0 Å². The van der Waals surface area contributed by atoms with Crippen LogP contribution in [-0.2, 0) is 14.8 Å². The van der Waals surface area contributed by atoms with E-state index in [1.165, 1.54) is 28.6 Å². The molecule has 1 amide bonds. The van der Waals surface area contributed by atoms with Gasteiger partial charge in [0.15, 0.2) is 4.90 Å². The topological polar surface area (TPSA) is 127 Å². The number of nitrogens with zero attached hydrogens (tertiary/aromatic N) is 3. The minimum atomic E-state index is -4.00. The molecule has 1 aliphatic heterocycles. The van der Waals surface area contributed by atoms with Gasteiger partial charge in [0.2, 0.25) is 15.9 Å². The molecule has 1 aromatic carbocycles. The molecule has 2 N–H and O–H groups in total. The van der Waals surface area contributed by atoms with Gasteiger partial charge in [0.1, 0.15) is 0 Å². The first kappa shape index (κ1) is 22.5. The molecule has 0 radical (unpaired) electrons. The molecule has 0 atom stereocenters. The Bertz CT molecular complexity index is 834. The number of hydrogen-bond donors (Lipinski definition) is 1. The van der Waals surface area contributed by atoms with E-state index in [9.17, 15) is 23.3 Å². The summed E-state index contributed by atoms with van der Waals surface area (Å²) in [5.41, 5.74) is 5.01. The Labute approximate surface area is 170 Å². The van der Waals surface area contributed by atoms with Crippen LogP contribution >= 0.6 is 12.4 Å². The van der Waals surface area contributed by atoms with Crippen LogP contribution in [0.15, 0.2) is 29.2 Å². The van der Waals surface area contributed by atoms with Crippen LogP contribution in [-0.4, -0.2) is 60.2 Å². The van der Waals surface area contributed by atoms with Gasteiger partial charge in [-0.1, -0.05) is 31.4 Å². The Morgan fingerprint density at radius 1 is 1.07 bits per heavy atom. The summed E-state index contributed by atoms with van der Waals surface area (Å²) in [6.45, 7) is 0.654. The number of carbonyl (C=O) groups excluding carboxylic acids is 1. The molecule has 1 saturated carbocycles. The molecule has 3 rings (SSSR count). The summed E-state index contributed by atoms with van der Waals surface area (Å²) < 4.78 is 26.9. The van der Waals surface area contributed by atoms with Crippen molar-refractivity contribution in [3.05, 3.63) is 34.4 Å². The highest BCUT2D eigenvalue weighted by Gasteiger charge is 2.41. The maximum Gasteiger partial charge on any atom is 0.289 e. The van der Waals surface area contributed by atoms with Crippen molar-refractivity contribution in [3.63, 3.8) is 0 Å². The highest BCUT2D eigenvalue weighted by atomic mass is 35.5. The quantitative estimate of drug-likeness (QED) is 0.567. The second-order valence-electron chi connectivity index (χ2n) is 7.14. The van der Waals surface area contributed by atoms with Crippen molar-refractivity contribution in [2.24, 2.45) is 5.73 Å². The molecule has 1 heterocycles. The smallest absolute Gasteiger partial charge is 0.289 e. The lowest BCUT2D eigenvalue weighted by molar-refractivity contribution is -0.387. The summed E-state index contributed by atoms with van der Waals surface area (Å²) in [5.74, 6) is -0.120. The molecule has 0 spiro atoms. The standard InChI is InChI=1S/C17H24N4O5S.ClH/c18-17(8-4-1-5-9-17)16(22)19-10-12-20(13-11-19)27(25,26)15-7-3-2-6-14(15)21(23)24;/h2-3,6-7H,1,4-5,8-13,18H2;1H. The number of rotatable bonds is 4.